The van der Waals surface area contributed by atoms with Gasteiger partial charge in [0.05, 0.1) is 0 Å². The van der Waals surface area contributed by atoms with Gasteiger partial charge >= 0.3 is 12.1 Å². The highest BCUT2D eigenvalue weighted by Gasteiger charge is 2.42. The van der Waals surface area contributed by atoms with E-state index >= 15 is 0 Å². The van der Waals surface area contributed by atoms with Crippen LogP contribution in [0.5, 0.6) is 0 Å². The van der Waals surface area contributed by atoms with Gasteiger partial charge in [0, 0.05) is 12.5 Å². The second-order valence-corrected chi connectivity index (χ2v) is 7.10. The van der Waals surface area contributed by atoms with Crippen molar-refractivity contribution in [3.63, 3.8) is 0 Å². The number of hydrogen-bond donors (Lipinski definition) is 1. The Balaban J connectivity index is 1.56. The molecule has 0 saturated carbocycles. The van der Waals surface area contributed by atoms with Crippen LogP contribution in [-0.2, 0) is 9.53 Å². The largest absolute Gasteiger partial charge is 0.479 e. The number of carbonyl (C=O) groups excluding carboxylic acids is 1. The summed E-state index contributed by atoms with van der Waals surface area (Å²) in [6, 6.07) is 16.2. The molecule has 1 aliphatic carbocycles. The SMILES string of the molecule is CC1(C(=O)O)C=CCCN1C(=O)OCC1c2ccccc2-c2ccccc21. The smallest absolute Gasteiger partial charge is 0.411 e. The number of rotatable bonds is 3. The molecule has 2 aliphatic rings. The molecule has 5 heteroatoms. The number of benzene rings is 2. The molecule has 138 valence electrons. The van der Waals surface area contributed by atoms with E-state index in [1.54, 1.807) is 12.2 Å². The number of carboxylic acids is 1. The lowest BCUT2D eigenvalue weighted by Gasteiger charge is -2.37. The summed E-state index contributed by atoms with van der Waals surface area (Å²) in [6.45, 7) is 2.03. The van der Waals surface area contributed by atoms with Crippen LogP contribution in [0.2, 0.25) is 0 Å². The van der Waals surface area contributed by atoms with Gasteiger partial charge < -0.3 is 9.84 Å². The predicted octanol–water partition coefficient (Wildman–Crippen LogP) is 4.04. The Kier molecular flexibility index (Phi) is 4.22. The highest BCUT2D eigenvalue weighted by Crippen LogP contribution is 2.44. The molecule has 1 heterocycles. The van der Waals surface area contributed by atoms with Crippen LogP contribution in [-0.4, -0.2) is 40.8 Å². The van der Waals surface area contributed by atoms with Gasteiger partial charge in [-0.3, -0.25) is 4.90 Å². The predicted molar refractivity (Wildman–Crippen MR) is 102 cm³/mol. The quantitative estimate of drug-likeness (QED) is 0.836. The second kappa shape index (κ2) is 6.58. The fraction of sp³-hybridized carbons (Fsp3) is 0.273. The zero-order valence-electron chi connectivity index (χ0n) is 15.1. The molecule has 4 rings (SSSR count). The van der Waals surface area contributed by atoms with Gasteiger partial charge in [-0.05, 0) is 35.6 Å². The van der Waals surface area contributed by atoms with Crippen molar-refractivity contribution in [2.45, 2.75) is 24.8 Å². The van der Waals surface area contributed by atoms with Gasteiger partial charge in [0.2, 0.25) is 0 Å². The summed E-state index contributed by atoms with van der Waals surface area (Å²) >= 11 is 0. The Morgan fingerprint density at radius 3 is 2.30 bits per heavy atom. The molecule has 1 aliphatic heterocycles. The summed E-state index contributed by atoms with van der Waals surface area (Å²) in [7, 11) is 0. The normalized spacial score (nSPS) is 20.9. The van der Waals surface area contributed by atoms with E-state index in [1.165, 1.54) is 11.8 Å². The van der Waals surface area contributed by atoms with Crippen molar-refractivity contribution in [1.29, 1.82) is 0 Å². The lowest BCUT2D eigenvalue weighted by molar-refractivity contribution is -0.146. The van der Waals surface area contributed by atoms with Crippen LogP contribution >= 0.6 is 0 Å². The van der Waals surface area contributed by atoms with Gasteiger partial charge in [-0.15, -0.1) is 0 Å². The topological polar surface area (TPSA) is 66.8 Å². The number of carbonyl (C=O) groups is 2. The highest BCUT2D eigenvalue weighted by molar-refractivity contribution is 5.86. The first-order valence-corrected chi connectivity index (χ1v) is 9.06. The summed E-state index contributed by atoms with van der Waals surface area (Å²) < 4.78 is 5.61. The molecule has 5 nitrogen and oxygen atoms in total. The van der Waals surface area contributed by atoms with Crippen LogP contribution < -0.4 is 0 Å². The van der Waals surface area contributed by atoms with Gasteiger partial charge in [0.15, 0.2) is 5.54 Å². The van der Waals surface area contributed by atoms with E-state index in [1.807, 2.05) is 24.3 Å². The van der Waals surface area contributed by atoms with E-state index in [0.29, 0.717) is 13.0 Å². The van der Waals surface area contributed by atoms with Crippen LogP contribution in [0.1, 0.15) is 30.4 Å². The zero-order valence-corrected chi connectivity index (χ0v) is 15.1. The molecular formula is C22H21NO4. The Bertz CT molecular complexity index is 890. The van der Waals surface area contributed by atoms with E-state index in [9.17, 15) is 14.7 Å². The molecule has 0 fully saturated rings. The van der Waals surface area contributed by atoms with E-state index in [-0.39, 0.29) is 12.5 Å². The standard InChI is InChI=1S/C22H21NO4/c1-22(20(24)25)12-6-7-13-23(22)21(26)27-14-19-17-10-4-2-8-15(17)16-9-3-5-11-18(16)19/h2-6,8-12,19H,7,13-14H2,1H3,(H,24,25). The van der Waals surface area contributed by atoms with Crippen molar-refractivity contribution < 1.29 is 19.4 Å². The van der Waals surface area contributed by atoms with Crippen LogP contribution in [0.15, 0.2) is 60.7 Å². The average Bonchev–Trinajstić information content (AvgIpc) is 3.00. The maximum Gasteiger partial charge on any atom is 0.411 e. The van der Waals surface area contributed by atoms with Gasteiger partial charge in [-0.1, -0.05) is 60.7 Å². The number of hydrogen-bond acceptors (Lipinski definition) is 3. The van der Waals surface area contributed by atoms with Crippen LogP contribution in [0.3, 0.4) is 0 Å². The maximum atomic E-state index is 12.7. The third-order valence-electron chi connectivity index (χ3n) is 5.51. The van der Waals surface area contributed by atoms with E-state index in [4.69, 9.17) is 4.74 Å². The van der Waals surface area contributed by atoms with Gasteiger partial charge in [-0.2, -0.15) is 0 Å². The molecule has 1 N–H and O–H groups in total. The van der Waals surface area contributed by atoms with Gasteiger partial charge in [0.1, 0.15) is 6.61 Å². The van der Waals surface area contributed by atoms with Crippen molar-refractivity contribution in [3.05, 3.63) is 71.8 Å². The number of amides is 1. The molecule has 2 aromatic rings. The van der Waals surface area contributed by atoms with Gasteiger partial charge in [0.25, 0.3) is 0 Å². The lowest BCUT2D eigenvalue weighted by atomic mass is 9.95. The maximum absolute atomic E-state index is 12.7. The Labute approximate surface area is 157 Å². The van der Waals surface area contributed by atoms with E-state index < -0.39 is 17.6 Å². The molecule has 2 aromatic carbocycles. The third kappa shape index (κ3) is 2.79. The molecule has 1 amide bonds. The number of nitrogens with zero attached hydrogens (tertiary/aromatic N) is 1. The number of ether oxygens (including phenoxy) is 1. The number of carboxylic acid groups (broad SMARTS) is 1. The van der Waals surface area contributed by atoms with Gasteiger partial charge in [-0.25, -0.2) is 9.59 Å². The van der Waals surface area contributed by atoms with Crippen molar-refractivity contribution >= 4 is 12.1 Å². The zero-order chi connectivity index (χ0) is 19.0. The second-order valence-electron chi connectivity index (χ2n) is 7.10. The third-order valence-corrected chi connectivity index (χ3v) is 5.51. The fourth-order valence-electron chi connectivity index (χ4n) is 3.98. The molecule has 1 unspecified atom stereocenters. The number of fused-ring (bicyclic) bond motifs is 3. The van der Waals surface area contributed by atoms with Crippen molar-refractivity contribution in [1.82, 2.24) is 4.90 Å². The summed E-state index contributed by atoms with van der Waals surface area (Å²) in [6.07, 6.45) is 3.38. The fourth-order valence-corrected chi connectivity index (χ4v) is 3.98. The van der Waals surface area contributed by atoms with E-state index in [0.717, 1.165) is 22.3 Å². The Morgan fingerprint density at radius 1 is 1.11 bits per heavy atom. The highest BCUT2D eigenvalue weighted by atomic mass is 16.6. The monoisotopic (exact) mass is 363 g/mol. The van der Waals surface area contributed by atoms with Crippen LogP contribution in [0, 0.1) is 0 Å². The summed E-state index contributed by atoms with van der Waals surface area (Å²) in [5.41, 5.74) is 3.20. The molecule has 1 atom stereocenters. The number of aliphatic carboxylic acids is 1. The molecule has 0 bridgehead atoms. The molecule has 0 radical (unpaired) electrons. The average molecular weight is 363 g/mol. The minimum atomic E-state index is -1.37. The minimum Gasteiger partial charge on any atom is -0.479 e. The van der Waals surface area contributed by atoms with Crippen molar-refractivity contribution in [3.8, 4) is 11.1 Å². The Morgan fingerprint density at radius 2 is 1.70 bits per heavy atom. The van der Waals surface area contributed by atoms with Crippen molar-refractivity contribution in [2.75, 3.05) is 13.2 Å². The molecule has 27 heavy (non-hydrogen) atoms. The molecular weight excluding hydrogens is 342 g/mol. The van der Waals surface area contributed by atoms with Crippen LogP contribution in [0.25, 0.3) is 11.1 Å². The molecule has 0 aromatic heterocycles. The minimum absolute atomic E-state index is 0.0437. The first-order valence-electron chi connectivity index (χ1n) is 9.06. The first-order chi connectivity index (χ1) is 13.0. The Hall–Kier alpha value is -3.08. The summed E-state index contributed by atoms with van der Waals surface area (Å²) in [5.74, 6) is -1.11. The molecule has 0 spiro atoms. The van der Waals surface area contributed by atoms with Crippen molar-refractivity contribution in [2.24, 2.45) is 0 Å². The first kappa shape index (κ1) is 17.3. The summed E-state index contributed by atoms with van der Waals surface area (Å²) in [5, 5.41) is 9.56. The molecule has 0 saturated heterocycles. The summed E-state index contributed by atoms with van der Waals surface area (Å²) in [4.78, 5) is 25.7. The van der Waals surface area contributed by atoms with E-state index in [2.05, 4.69) is 24.3 Å². The van der Waals surface area contributed by atoms with Crippen LogP contribution in [0.4, 0.5) is 4.79 Å². The lowest BCUT2D eigenvalue weighted by Crippen LogP contribution is -2.55.